The fraction of sp³-hybridized carbons (Fsp3) is 0.200. The average Bonchev–Trinajstić information content (AvgIpc) is 3.11. The third-order valence-electron chi connectivity index (χ3n) is 4.02. The first-order valence-electron chi connectivity index (χ1n) is 8.42. The fourth-order valence-electron chi connectivity index (χ4n) is 2.68. The van der Waals surface area contributed by atoms with Gasteiger partial charge in [0.2, 0.25) is 5.91 Å². The van der Waals surface area contributed by atoms with Crippen molar-refractivity contribution in [2.75, 3.05) is 6.54 Å². The molecule has 4 nitrogen and oxygen atoms in total. The van der Waals surface area contributed by atoms with Gasteiger partial charge >= 0.3 is 6.18 Å². The Morgan fingerprint density at radius 2 is 1.81 bits per heavy atom. The second-order valence-corrected chi connectivity index (χ2v) is 6.08. The summed E-state index contributed by atoms with van der Waals surface area (Å²) in [5.74, 6) is -0.329. The highest BCUT2D eigenvalue weighted by Gasteiger charge is 2.30. The normalized spacial score (nSPS) is 11.4. The van der Waals surface area contributed by atoms with Crippen molar-refractivity contribution in [3.63, 3.8) is 0 Å². The lowest BCUT2D eigenvalue weighted by molar-refractivity contribution is -0.137. The molecule has 2 aromatic carbocycles. The maximum atomic E-state index is 12.7. The molecule has 0 fully saturated rings. The molecule has 1 heterocycles. The van der Waals surface area contributed by atoms with Crippen molar-refractivity contribution in [2.45, 2.75) is 19.1 Å². The SMILES string of the molecule is O=C(Cc1cccc(C(F)(F)F)c1)NCCn1cc(-c2ccccc2)cn1. The molecule has 1 N–H and O–H groups in total. The standard InChI is InChI=1S/C20H18F3N3O/c21-20(22,23)18-8-4-5-15(11-18)12-19(27)24-9-10-26-14-17(13-25-26)16-6-2-1-3-7-16/h1-8,11,13-14H,9-10,12H2,(H,24,27). The first-order chi connectivity index (χ1) is 12.9. The molecule has 7 heteroatoms. The summed E-state index contributed by atoms with van der Waals surface area (Å²) in [7, 11) is 0. The molecule has 1 amide bonds. The zero-order chi connectivity index (χ0) is 19.3. The van der Waals surface area contributed by atoms with Gasteiger partial charge in [0.05, 0.1) is 24.7 Å². The quantitative estimate of drug-likeness (QED) is 0.712. The van der Waals surface area contributed by atoms with Gasteiger partial charge in [-0.1, -0.05) is 48.5 Å². The van der Waals surface area contributed by atoms with Gasteiger partial charge in [-0.15, -0.1) is 0 Å². The van der Waals surface area contributed by atoms with Crippen LogP contribution in [-0.2, 0) is 23.9 Å². The summed E-state index contributed by atoms with van der Waals surface area (Å²) >= 11 is 0. The molecule has 0 saturated heterocycles. The van der Waals surface area contributed by atoms with Gasteiger partial charge in [-0.2, -0.15) is 18.3 Å². The van der Waals surface area contributed by atoms with Gasteiger partial charge in [0, 0.05) is 18.3 Å². The molecule has 0 bridgehead atoms. The minimum absolute atomic E-state index is 0.0989. The topological polar surface area (TPSA) is 46.9 Å². The summed E-state index contributed by atoms with van der Waals surface area (Å²) in [6.07, 6.45) is -0.880. The molecule has 3 rings (SSSR count). The van der Waals surface area contributed by atoms with Crippen molar-refractivity contribution in [1.29, 1.82) is 0 Å². The van der Waals surface area contributed by atoms with E-state index in [4.69, 9.17) is 0 Å². The third kappa shape index (κ3) is 5.20. The van der Waals surface area contributed by atoms with Crippen molar-refractivity contribution in [1.82, 2.24) is 15.1 Å². The average molecular weight is 373 g/mol. The monoisotopic (exact) mass is 373 g/mol. The number of aromatic nitrogens is 2. The summed E-state index contributed by atoms with van der Waals surface area (Å²) in [6, 6.07) is 14.6. The summed E-state index contributed by atoms with van der Waals surface area (Å²) in [6.45, 7) is 0.814. The van der Waals surface area contributed by atoms with Crippen molar-refractivity contribution in [3.05, 3.63) is 78.1 Å². The number of benzene rings is 2. The number of carbonyl (C=O) groups is 1. The summed E-state index contributed by atoms with van der Waals surface area (Å²) < 4.78 is 39.8. The van der Waals surface area contributed by atoms with E-state index in [1.807, 2.05) is 36.5 Å². The number of nitrogens with one attached hydrogen (secondary N) is 1. The highest BCUT2D eigenvalue weighted by molar-refractivity contribution is 5.78. The lowest BCUT2D eigenvalue weighted by atomic mass is 10.1. The van der Waals surface area contributed by atoms with Gasteiger partial charge in [0.15, 0.2) is 0 Å². The number of alkyl halides is 3. The molecule has 1 aromatic heterocycles. The number of carbonyl (C=O) groups excluding carboxylic acids is 1. The second kappa shape index (κ2) is 8.07. The van der Waals surface area contributed by atoms with E-state index in [2.05, 4.69) is 10.4 Å². The van der Waals surface area contributed by atoms with Crippen molar-refractivity contribution < 1.29 is 18.0 Å². The van der Waals surface area contributed by atoms with E-state index in [0.29, 0.717) is 18.7 Å². The maximum absolute atomic E-state index is 12.7. The molecular weight excluding hydrogens is 355 g/mol. The smallest absolute Gasteiger partial charge is 0.354 e. The van der Waals surface area contributed by atoms with Crippen LogP contribution in [0.15, 0.2) is 67.0 Å². The Kier molecular flexibility index (Phi) is 5.59. The number of nitrogens with zero attached hydrogens (tertiary/aromatic N) is 2. The molecule has 0 unspecified atom stereocenters. The predicted molar refractivity (Wildman–Crippen MR) is 95.8 cm³/mol. The Balaban J connectivity index is 1.50. The van der Waals surface area contributed by atoms with Crippen LogP contribution in [0.1, 0.15) is 11.1 Å². The molecule has 0 saturated carbocycles. The Labute approximate surface area is 154 Å². The fourth-order valence-corrected chi connectivity index (χ4v) is 2.68. The van der Waals surface area contributed by atoms with E-state index in [-0.39, 0.29) is 12.3 Å². The van der Waals surface area contributed by atoms with E-state index in [0.717, 1.165) is 23.3 Å². The minimum Gasteiger partial charge on any atom is -0.354 e. The highest BCUT2D eigenvalue weighted by Crippen LogP contribution is 2.29. The molecule has 0 aliphatic carbocycles. The predicted octanol–water partition coefficient (Wildman–Crippen LogP) is 3.93. The van der Waals surface area contributed by atoms with Crippen molar-refractivity contribution in [2.24, 2.45) is 0 Å². The summed E-state index contributed by atoms with van der Waals surface area (Å²) in [5.41, 5.74) is 1.61. The van der Waals surface area contributed by atoms with E-state index in [1.54, 1.807) is 10.9 Å². The molecule has 140 valence electrons. The zero-order valence-corrected chi connectivity index (χ0v) is 14.4. The van der Waals surface area contributed by atoms with Crippen molar-refractivity contribution >= 4 is 5.91 Å². The van der Waals surface area contributed by atoms with Gasteiger partial charge in [0.1, 0.15) is 0 Å². The molecule has 0 aliphatic rings. The molecule has 27 heavy (non-hydrogen) atoms. The van der Waals surface area contributed by atoms with Gasteiger partial charge in [-0.25, -0.2) is 0 Å². The third-order valence-corrected chi connectivity index (χ3v) is 4.02. The number of halogens is 3. The van der Waals surface area contributed by atoms with E-state index in [1.165, 1.54) is 12.1 Å². The van der Waals surface area contributed by atoms with Gasteiger partial charge in [-0.3, -0.25) is 9.48 Å². The summed E-state index contributed by atoms with van der Waals surface area (Å²) in [4.78, 5) is 12.0. The van der Waals surface area contributed by atoms with Crippen LogP contribution in [0.2, 0.25) is 0 Å². The Bertz CT molecular complexity index is 904. The first-order valence-corrected chi connectivity index (χ1v) is 8.42. The minimum atomic E-state index is -4.41. The van der Waals surface area contributed by atoms with E-state index >= 15 is 0 Å². The maximum Gasteiger partial charge on any atom is 0.416 e. The van der Waals surface area contributed by atoms with Gasteiger partial charge < -0.3 is 5.32 Å². The number of hydrogen-bond donors (Lipinski definition) is 1. The lowest BCUT2D eigenvalue weighted by Crippen LogP contribution is -2.28. The first kappa shape index (κ1) is 18.7. The largest absolute Gasteiger partial charge is 0.416 e. The molecule has 0 atom stereocenters. The molecular formula is C20H18F3N3O. The molecule has 0 aliphatic heterocycles. The van der Waals surface area contributed by atoms with Crippen LogP contribution in [0.5, 0.6) is 0 Å². The van der Waals surface area contributed by atoms with E-state index < -0.39 is 11.7 Å². The van der Waals surface area contributed by atoms with Crippen LogP contribution in [0.25, 0.3) is 11.1 Å². The van der Waals surface area contributed by atoms with Crippen LogP contribution < -0.4 is 5.32 Å². The Hall–Kier alpha value is -3.09. The van der Waals surface area contributed by atoms with Gasteiger partial charge in [-0.05, 0) is 17.2 Å². The highest BCUT2D eigenvalue weighted by atomic mass is 19.4. The number of amides is 1. The van der Waals surface area contributed by atoms with Crippen LogP contribution in [0.3, 0.4) is 0 Å². The van der Waals surface area contributed by atoms with Crippen molar-refractivity contribution in [3.8, 4) is 11.1 Å². The number of hydrogen-bond acceptors (Lipinski definition) is 2. The van der Waals surface area contributed by atoms with Gasteiger partial charge in [0.25, 0.3) is 0 Å². The Morgan fingerprint density at radius 3 is 2.56 bits per heavy atom. The number of rotatable bonds is 6. The van der Waals surface area contributed by atoms with Crippen LogP contribution in [0.4, 0.5) is 13.2 Å². The lowest BCUT2D eigenvalue weighted by Gasteiger charge is -2.09. The second-order valence-electron chi connectivity index (χ2n) is 6.08. The van der Waals surface area contributed by atoms with E-state index in [9.17, 15) is 18.0 Å². The van der Waals surface area contributed by atoms with Crippen LogP contribution >= 0.6 is 0 Å². The Morgan fingerprint density at radius 1 is 1.04 bits per heavy atom. The molecule has 3 aromatic rings. The summed E-state index contributed by atoms with van der Waals surface area (Å²) in [5, 5.41) is 6.96. The zero-order valence-electron chi connectivity index (χ0n) is 14.4. The molecule has 0 spiro atoms. The van der Waals surface area contributed by atoms with Crippen LogP contribution in [-0.4, -0.2) is 22.2 Å². The molecule has 0 radical (unpaired) electrons. The van der Waals surface area contributed by atoms with Crippen LogP contribution in [0, 0.1) is 0 Å².